The molecule has 0 aliphatic heterocycles. The normalized spacial score (nSPS) is 13.8. The molecule has 0 saturated carbocycles. The first-order valence-corrected chi connectivity index (χ1v) is 8.45. The maximum Gasteiger partial charge on any atom is 0.241 e. The van der Waals surface area contributed by atoms with Crippen molar-refractivity contribution in [1.82, 2.24) is 4.72 Å². The van der Waals surface area contributed by atoms with E-state index in [9.17, 15) is 13.5 Å². The van der Waals surface area contributed by atoms with Crippen LogP contribution in [-0.2, 0) is 16.6 Å². The Morgan fingerprint density at radius 1 is 1.30 bits per heavy atom. The molecule has 0 saturated heterocycles. The Hall–Kier alpha value is -0.620. The number of aliphatic hydroxyl groups is 1. The lowest BCUT2D eigenvalue weighted by molar-refractivity contribution is 0.280. The van der Waals surface area contributed by atoms with Gasteiger partial charge in [0.05, 0.1) is 11.5 Å². The van der Waals surface area contributed by atoms with Gasteiger partial charge in [-0.15, -0.1) is 0 Å². The Balaban J connectivity index is 3.13. The highest BCUT2D eigenvalue weighted by atomic mass is 35.5. The Labute approximate surface area is 126 Å². The van der Waals surface area contributed by atoms with Gasteiger partial charge in [-0.1, -0.05) is 25.4 Å². The van der Waals surface area contributed by atoms with Crippen LogP contribution in [0.5, 0.6) is 0 Å². The first kappa shape index (κ1) is 17.4. The van der Waals surface area contributed by atoms with Crippen molar-refractivity contribution >= 4 is 21.6 Å². The second-order valence-corrected chi connectivity index (χ2v) is 7.62. The summed E-state index contributed by atoms with van der Waals surface area (Å²) in [6.45, 7) is 7.35. The summed E-state index contributed by atoms with van der Waals surface area (Å²) in [4.78, 5) is 0.129. The average Bonchev–Trinajstić information content (AvgIpc) is 2.29. The number of sulfonamides is 1. The van der Waals surface area contributed by atoms with Crippen LogP contribution >= 0.6 is 11.6 Å². The van der Waals surface area contributed by atoms with E-state index in [4.69, 9.17) is 11.6 Å². The first-order chi connectivity index (χ1) is 9.17. The van der Waals surface area contributed by atoms with Gasteiger partial charge in [-0.3, -0.25) is 0 Å². The Kier molecular flexibility index (Phi) is 6.01. The number of benzene rings is 1. The third-order valence-corrected chi connectivity index (χ3v) is 5.01. The van der Waals surface area contributed by atoms with Crippen molar-refractivity contribution in [3.63, 3.8) is 0 Å². The van der Waals surface area contributed by atoms with Crippen LogP contribution < -0.4 is 4.72 Å². The number of rotatable bonds is 6. The van der Waals surface area contributed by atoms with Gasteiger partial charge in [-0.05, 0) is 49.4 Å². The predicted molar refractivity (Wildman–Crippen MR) is 81.4 cm³/mol. The molecule has 0 fully saturated rings. The highest BCUT2D eigenvalue weighted by Crippen LogP contribution is 2.25. The molecule has 1 atom stereocenters. The third kappa shape index (κ3) is 4.45. The number of nitrogens with one attached hydrogen (secondary N) is 1. The number of hydrogen-bond donors (Lipinski definition) is 2. The Bertz CT molecular complexity index is 570. The van der Waals surface area contributed by atoms with E-state index >= 15 is 0 Å². The van der Waals surface area contributed by atoms with Crippen LogP contribution in [0.1, 0.15) is 38.3 Å². The third-order valence-electron chi connectivity index (χ3n) is 3.07. The van der Waals surface area contributed by atoms with Gasteiger partial charge in [-0.2, -0.15) is 0 Å². The molecule has 1 unspecified atom stereocenters. The zero-order chi connectivity index (χ0) is 15.5. The summed E-state index contributed by atoms with van der Waals surface area (Å²) < 4.78 is 27.5. The van der Waals surface area contributed by atoms with Crippen LogP contribution in [0.25, 0.3) is 0 Å². The van der Waals surface area contributed by atoms with Crippen molar-refractivity contribution in [2.45, 2.75) is 51.7 Å². The summed E-state index contributed by atoms with van der Waals surface area (Å²) >= 11 is 5.92. The zero-order valence-electron chi connectivity index (χ0n) is 12.3. The molecule has 1 aromatic rings. The minimum absolute atomic E-state index is 0.129. The number of hydrogen-bond acceptors (Lipinski definition) is 3. The van der Waals surface area contributed by atoms with Crippen LogP contribution in [0.3, 0.4) is 0 Å². The molecule has 20 heavy (non-hydrogen) atoms. The van der Waals surface area contributed by atoms with E-state index in [0.717, 1.165) is 6.42 Å². The molecule has 0 amide bonds. The molecule has 4 nitrogen and oxygen atoms in total. The Morgan fingerprint density at radius 2 is 1.90 bits per heavy atom. The van der Waals surface area contributed by atoms with E-state index < -0.39 is 10.0 Å². The van der Waals surface area contributed by atoms with Crippen LogP contribution in [0.2, 0.25) is 5.02 Å². The smallest absolute Gasteiger partial charge is 0.241 e. The monoisotopic (exact) mass is 319 g/mol. The fraction of sp³-hybridized carbons (Fsp3) is 0.571. The van der Waals surface area contributed by atoms with Crippen molar-refractivity contribution in [1.29, 1.82) is 0 Å². The summed E-state index contributed by atoms with van der Waals surface area (Å²) in [6, 6.07) is 2.84. The lowest BCUT2D eigenvalue weighted by atomic mass is 10.1. The molecule has 0 aliphatic carbocycles. The summed E-state index contributed by atoms with van der Waals surface area (Å²) in [5, 5.41) is 9.56. The highest BCUT2D eigenvalue weighted by molar-refractivity contribution is 7.89. The van der Waals surface area contributed by atoms with Crippen LogP contribution in [0.15, 0.2) is 17.0 Å². The van der Waals surface area contributed by atoms with Crippen LogP contribution in [-0.4, -0.2) is 19.6 Å². The molecule has 0 aliphatic rings. The largest absolute Gasteiger partial charge is 0.392 e. The second-order valence-electron chi connectivity index (χ2n) is 5.50. The van der Waals surface area contributed by atoms with E-state index in [1.807, 2.05) is 20.8 Å². The molecule has 6 heteroatoms. The van der Waals surface area contributed by atoms with E-state index in [0.29, 0.717) is 22.1 Å². The van der Waals surface area contributed by atoms with Gasteiger partial charge in [0.1, 0.15) is 0 Å². The quantitative estimate of drug-likeness (QED) is 0.847. The van der Waals surface area contributed by atoms with Gasteiger partial charge in [0.15, 0.2) is 0 Å². The van der Waals surface area contributed by atoms with Crippen molar-refractivity contribution in [2.24, 2.45) is 5.92 Å². The molecule has 0 radical (unpaired) electrons. The summed E-state index contributed by atoms with van der Waals surface area (Å²) in [5.41, 5.74) is 1.05. The van der Waals surface area contributed by atoms with Gasteiger partial charge in [0, 0.05) is 11.1 Å². The molecule has 0 bridgehead atoms. The fourth-order valence-electron chi connectivity index (χ4n) is 2.24. The molecule has 1 rings (SSSR count). The molecule has 114 valence electrons. The summed E-state index contributed by atoms with van der Waals surface area (Å²) in [5.74, 6) is 0.404. The van der Waals surface area contributed by atoms with E-state index in [1.54, 1.807) is 13.0 Å². The van der Waals surface area contributed by atoms with Crippen molar-refractivity contribution in [3.8, 4) is 0 Å². The maximum absolute atomic E-state index is 12.4. The predicted octanol–water partition coefficient (Wildman–Crippen LogP) is 2.85. The van der Waals surface area contributed by atoms with Gasteiger partial charge in [0.2, 0.25) is 10.0 Å². The van der Waals surface area contributed by atoms with Crippen LogP contribution in [0.4, 0.5) is 0 Å². The fourth-order valence-corrected chi connectivity index (χ4v) is 4.11. The highest BCUT2D eigenvalue weighted by Gasteiger charge is 2.22. The minimum atomic E-state index is -3.64. The van der Waals surface area contributed by atoms with E-state index in [-0.39, 0.29) is 17.5 Å². The first-order valence-electron chi connectivity index (χ1n) is 6.59. The van der Waals surface area contributed by atoms with E-state index in [2.05, 4.69) is 4.72 Å². The average molecular weight is 320 g/mol. The molecular formula is C14H22ClNO3S. The standard InChI is InChI=1S/C14H22ClNO3S/c1-9(2)5-10(3)16-20(18,19)14-7-13(15)6-12(8-17)11(14)4/h6-7,9-10,16-17H,5,8H2,1-4H3. The van der Waals surface area contributed by atoms with Gasteiger partial charge < -0.3 is 5.11 Å². The lowest BCUT2D eigenvalue weighted by Crippen LogP contribution is -2.34. The van der Waals surface area contributed by atoms with Gasteiger partial charge in [-0.25, -0.2) is 13.1 Å². The maximum atomic E-state index is 12.4. The van der Waals surface area contributed by atoms with Gasteiger partial charge >= 0.3 is 0 Å². The molecule has 1 aromatic carbocycles. The number of halogens is 1. The summed E-state index contributed by atoms with van der Waals surface area (Å²) in [6.07, 6.45) is 0.756. The topological polar surface area (TPSA) is 66.4 Å². The molecule has 0 heterocycles. The molecular weight excluding hydrogens is 298 g/mol. The SMILES string of the molecule is Cc1c(CO)cc(Cl)cc1S(=O)(=O)NC(C)CC(C)C. The van der Waals surface area contributed by atoms with Crippen LogP contribution in [0, 0.1) is 12.8 Å². The molecule has 0 aromatic heterocycles. The van der Waals surface area contributed by atoms with Crippen molar-refractivity contribution < 1.29 is 13.5 Å². The summed E-state index contributed by atoms with van der Waals surface area (Å²) in [7, 11) is -3.64. The molecule has 0 spiro atoms. The zero-order valence-corrected chi connectivity index (χ0v) is 13.8. The molecule has 2 N–H and O–H groups in total. The minimum Gasteiger partial charge on any atom is -0.392 e. The lowest BCUT2D eigenvalue weighted by Gasteiger charge is -2.18. The van der Waals surface area contributed by atoms with Crippen molar-refractivity contribution in [2.75, 3.05) is 0 Å². The van der Waals surface area contributed by atoms with Gasteiger partial charge in [0.25, 0.3) is 0 Å². The van der Waals surface area contributed by atoms with Crippen molar-refractivity contribution in [3.05, 3.63) is 28.3 Å². The second kappa shape index (κ2) is 6.89. The van der Waals surface area contributed by atoms with E-state index in [1.165, 1.54) is 6.07 Å². The Morgan fingerprint density at radius 3 is 2.40 bits per heavy atom. The number of aliphatic hydroxyl groups excluding tert-OH is 1.